The molecule has 0 aliphatic rings. The fourth-order valence-corrected chi connectivity index (χ4v) is 7.63. The largest absolute Gasteiger partial charge is 0.383 e. The zero-order valence-electron chi connectivity index (χ0n) is 52.1. The van der Waals surface area contributed by atoms with Crippen LogP contribution < -0.4 is 21.3 Å². The third-order valence-electron chi connectivity index (χ3n) is 12.2. The van der Waals surface area contributed by atoms with Crippen molar-refractivity contribution in [2.75, 3.05) is 5.32 Å². The number of nitrogens with one attached hydrogen (secondary N) is 4. The van der Waals surface area contributed by atoms with Gasteiger partial charge in [0.25, 0.3) is 0 Å². The van der Waals surface area contributed by atoms with Crippen LogP contribution in [-0.2, 0) is 25.7 Å². The Bertz CT molecular complexity index is 2090. The highest BCUT2D eigenvalue weighted by molar-refractivity contribution is 6.10. The number of hydrogen-bond donors (Lipinski definition) is 4. The fraction of sp³-hybridized carbons (Fsp3) is 0.688. The maximum Gasteiger partial charge on any atom is 0.166 e. The van der Waals surface area contributed by atoms with Gasteiger partial charge in [-0.05, 0) is 62.9 Å². The van der Waals surface area contributed by atoms with Gasteiger partial charge in [-0.3, -0.25) is 38.4 Å². The zero-order chi connectivity index (χ0) is 59.5. The van der Waals surface area contributed by atoms with E-state index >= 15 is 0 Å². The van der Waals surface area contributed by atoms with Crippen LogP contribution in [0.5, 0.6) is 0 Å². The second kappa shape index (κ2) is 37.3. The lowest BCUT2D eigenvalue weighted by atomic mass is 9.89. The molecule has 12 nitrogen and oxygen atoms in total. The second-order valence-corrected chi connectivity index (χ2v) is 24.1. The normalized spacial score (nSPS) is 12.3. The summed E-state index contributed by atoms with van der Waals surface area (Å²) in [4.78, 5) is 96.2. The molecule has 0 saturated carbocycles. The van der Waals surface area contributed by atoms with Crippen LogP contribution in [-0.4, -0.2) is 82.5 Å². The SMILES string of the molecule is CC(C)NCc1ccc(C(=O)C(C)C)c(C(=O)C(C)C)c1.CC(C)N[C@H](CCC(=O)C(C)C)C(=O)C(C)C.CC(C)N[C@H](CCCC(=O)C(C)C)C(=O)C(C)C.CC(C)Nc1cc(C(=O)C(C)C)cc(C(=O)C(C)C)c1. The van der Waals surface area contributed by atoms with Crippen molar-refractivity contribution in [2.24, 2.45) is 47.3 Å². The van der Waals surface area contributed by atoms with Crippen molar-refractivity contribution in [1.29, 1.82) is 0 Å². The smallest absolute Gasteiger partial charge is 0.166 e. The van der Waals surface area contributed by atoms with Gasteiger partial charge in [0, 0.05) is 119 Å². The van der Waals surface area contributed by atoms with Crippen LogP contribution in [0.3, 0.4) is 0 Å². The van der Waals surface area contributed by atoms with Crippen molar-refractivity contribution >= 4 is 52.0 Å². The molecule has 2 atom stereocenters. The van der Waals surface area contributed by atoms with Crippen LogP contribution in [0.2, 0.25) is 0 Å². The molecule has 0 spiro atoms. The van der Waals surface area contributed by atoms with Crippen molar-refractivity contribution < 1.29 is 38.4 Å². The van der Waals surface area contributed by atoms with Gasteiger partial charge in [-0.1, -0.05) is 164 Å². The molecule has 76 heavy (non-hydrogen) atoms. The van der Waals surface area contributed by atoms with Gasteiger partial charge in [-0.15, -0.1) is 0 Å². The molecule has 0 heterocycles. The summed E-state index contributed by atoms with van der Waals surface area (Å²) in [5.74, 6) is 1.01. The molecular weight excluding hydrogens is 953 g/mol. The average molecular weight is 1060 g/mol. The molecule has 0 saturated heterocycles. The summed E-state index contributed by atoms with van der Waals surface area (Å²) < 4.78 is 0. The van der Waals surface area contributed by atoms with Gasteiger partial charge in [-0.25, -0.2) is 0 Å². The van der Waals surface area contributed by atoms with Gasteiger partial charge in [0.1, 0.15) is 11.6 Å². The Hall–Kier alpha value is -4.52. The molecule has 0 bridgehead atoms. The zero-order valence-corrected chi connectivity index (χ0v) is 52.1. The van der Waals surface area contributed by atoms with Crippen LogP contribution in [0.15, 0.2) is 36.4 Å². The van der Waals surface area contributed by atoms with Crippen LogP contribution in [0, 0.1) is 47.3 Å². The van der Waals surface area contributed by atoms with Crippen LogP contribution in [0.4, 0.5) is 5.69 Å². The Morgan fingerprint density at radius 3 is 1.13 bits per heavy atom. The number of anilines is 1. The summed E-state index contributed by atoms with van der Waals surface area (Å²) in [5.41, 5.74) is 4.19. The van der Waals surface area contributed by atoms with Gasteiger partial charge in [0.2, 0.25) is 0 Å². The number of carbonyl (C=O) groups excluding carboxylic acids is 8. The first kappa shape index (κ1) is 73.6. The molecule has 12 heteroatoms. The number of hydrogen-bond acceptors (Lipinski definition) is 12. The first-order valence-corrected chi connectivity index (χ1v) is 28.6. The standard InChI is InChI=1S/C18H27NO2.C17H25NO2.C15H29NO2.C14H27NO2/c1-11(2)17(20)15-8-7-14(10-19-13(5)6)9-16(15)18(21)12(3)4;1-10(2)16(19)13-7-14(17(20)11(3)4)9-15(8-13)18-12(5)6;1-10(2)14(17)9-7-8-13(16-12(5)6)15(18)11(3)4;1-9(2)13(16)8-7-12(15-11(5)6)14(17)10(3)4/h7-9,11-13,19H,10H2,1-6H3;7-12,18H,1-6H3;10-13,16H,7-9H2,1-6H3;9-12,15H,7-8H2,1-6H3/t;;13-;12-/m..11/s1. The summed E-state index contributed by atoms with van der Waals surface area (Å²) in [6.07, 6.45) is 3.24. The molecule has 2 aromatic rings. The topological polar surface area (TPSA) is 185 Å². The van der Waals surface area contributed by atoms with E-state index < -0.39 is 0 Å². The Labute approximate surface area is 462 Å². The van der Waals surface area contributed by atoms with Gasteiger partial charge >= 0.3 is 0 Å². The summed E-state index contributed by atoms with van der Waals surface area (Å²) in [6, 6.07) is 11.9. The monoisotopic (exact) mass is 1060 g/mol. The van der Waals surface area contributed by atoms with E-state index in [1.807, 2.05) is 177 Å². The van der Waals surface area contributed by atoms with E-state index in [-0.39, 0.29) is 118 Å². The molecule has 0 aliphatic carbocycles. The van der Waals surface area contributed by atoms with Crippen molar-refractivity contribution in [3.05, 3.63) is 64.2 Å². The Morgan fingerprint density at radius 2 is 0.776 bits per heavy atom. The van der Waals surface area contributed by atoms with Crippen LogP contribution in [0.1, 0.15) is 245 Å². The van der Waals surface area contributed by atoms with Crippen molar-refractivity contribution in [2.45, 2.75) is 241 Å². The lowest BCUT2D eigenvalue weighted by molar-refractivity contribution is -0.125. The van der Waals surface area contributed by atoms with Gasteiger partial charge in [0.05, 0.1) is 12.1 Å². The van der Waals surface area contributed by atoms with E-state index in [2.05, 4.69) is 35.1 Å². The Morgan fingerprint density at radius 1 is 0.382 bits per heavy atom. The molecule has 0 radical (unpaired) electrons. The molecule has 0 aliphatic heterocycles. The first-order chi connectivity index (χ1) is 35.0. The fourth-order valence-electron chi connectivity index (χ4n) is 7.63. The number of carbonyl (C=O) groups is 8. The number of benzene rings is 2. The highest BCUT2D eigenvalue weighted by Gasteiger charge is 2.25. The van der Waals surface area contributed by atoms with E-state index in [9.17, 15) is 38.4 Å². The quantitative estimate of drug-likeness (QED) is 0.0544. The van der Waals surface area contributed by atoms with E-state index in [1.165, 1.54) is 0 Å². The lowest BCUT2D eigenvalue weighted by Gasteiger charge is -2.22. The Balaban J connectivity index is 0. The third kappa shape index (κ3) is 29.8. The summed E-state index contributed by atoms with van der Waals surface area (Å²) in [5, 5.41) is 13.2. The molecule has 0 fully saturated rings. The van der Waals surface area contributed by atoms with Crippen LogP contribution >= 0.6 is 0 Å². The van der Waals surface area contributed by atoms with Crippen molar-refractivity contribution in [3.63, 3.8) is 0 Å². The maximum atomic E-state index is 12.4. The van der Waals surface area contributed by atoms with Crippen LogP contribution in [0.25, 0.3) is 0 Å². The highest BCUT2D eigenvalue weighted by atomic mass is 16.2. The number of Topliss-reactive ketones (excluding diaryl/α,β-unsaturated/α-hetero) is 8. The van der Waals surface area contributed by atoms with E-state index in [4.69, 9.17) is 0 Å². The van der Waals surface area contributed by atoms with E-state index in [0.29, 0.717) is 60.1 Å². The lowest BCUT2D eigenvalue weighted by Crippen LogP contribution is -2.43. The number of rotatable bonds is 30. The van der Waals surface area contributed by atoms with Crippen molar-refractivity contribution in [1.82, 2.24) is 16.0 Å². The van der Waals surface area contributed by atoms with Gasteiger partial charge < -0.3 is 21.3 Å². The minimum atomic E-state index is -0.183. The highest BCUT2D eigenvalue weighted by Crippen LogP contribution is 2.23. The van der Waals surface area contributed by atoms with E-state index in [1.54, 1.807) is 12.1 Å². The molecule has 2 rings (SSSR count). The summed E-state index contributed by atoms with van der Waals surface area (Å²) in [6.45, 7) is 47.3. The first-order valence-electron chi connectivity index (χ1n) is 28.6. The molecule has 432 valence electrons. The predicted octanol–water partition coefficient (Wildman–Crippen LogP) is 13.6. The van der Waals surface area contributed by atoms with Gasteiger partial charge in [-0.2, -0.15) is 0 Å². The average Bonchev–Trinajstić information content (AvgIpc) is 3.32. The minimum absolute atomic E-state index is 0.0143. The predicted molar refractivity (Wildman–Crippen MR) is 317 cm³/mol. The molecule has 0 amide bonds. The maximum absolute atomic E-state index is 12.4. The van der Waals surface area contributed by atoms with E-state index in [0.717, 1.165) is 24.1 Å². The molecule has 0 aromatic heterocycles. The third-order valence-corrected chi connectivity index (χ3v) is 12.2. The number of ketones is 8. The Kier molecular flexibility index (Phi) is 36.1. The van der Waals surface area contributed by atoms with Gasteiger partial charge in [0.15, 0.2) is 34.7 Å². The van der Waals surface area contributed by atoms with Crippen molar-refractivity contribution in [3.8, 4) is 0 Å². The summed E-state index contributed by atoms with van der Waals surface area (Å²) >= 11 is 0. The molecule has 0 unspecified atom stereocenters. The molecule has 2 aromatic carbocycles. The second-order valence-electron chi connectivity index (χ2n) is 24.1. The molecule has 4 N–H and O–H groups in total. The summed E-state index contributed by atoms with van der Waals surface area (Å²) in [7, 11) is 0. The minimum Gasteiger partial charge on any atom is -0.383 e. The molecular formula is C64H108N4O8.